The zero-order valence-electron chi connectivity index (χ0n) is 12.4. The molecule has 0 spiro atoms. The van der Waals surface area contributed by atoms with Crippen LogP contribution >= 0.6 is 15.9 Å². The van der Waals surface area contributed by atoms with Crippen molar-refractivity contribution >= 4 is 15.9 Å². The third-order valence-electron chi connectivity index (χ3n) is 3.95. The highest BCUT2D eigenvalue weighted by Crippen LogP contribution is 2.24. The monoisotopic (exact) mass is 331 g/mol. The SMILES string of the molecule is Cc1ccc(Br)cc1Cc1ccc(C(C)(C)CN)cc1. The van der Waals surface area contributed by atoms with Crippen molar-refractivity contribution in [1.29, 1.82) is 0 Å². The number of hydrogen-bond acceptors (Lipinski definition) is 1. The Kier molecular flexibility index (Phi) is 4.66. The molecular weight excluding hydrogens is 310 g/mol. The van der Waals surface area contributed by atoms with Gasteiger partial charge in [-0.25, -0.2) is 0 Å². The summed E-state index contributed by atoms with van der Waals surface area (Å²) in [5.74, 6) is 0. The van der Waals surface area contributed by atoms with Crippen molar-refractivity contribution in [2.45, 2.75) is 32.6 Å². The Bertz CT molecular complexity index is 585. The van der Waals surface area contributed by atoms with Crippen LogP contribution in [0.3, 0.4) is 0 Å². The molecular formula is C18H22BrN. The molecule has 20 heavy (non-hydrogen) atoms. The van der Waals surface area contributed by atoms with Gasteiger partial charge in [0.05, 0.1) is 0 Å². The molecule has 106 valence electrons. The lowest BCUT2D eigenvalue weighted by atomic mass is 9.84. The van der Waals surface area contributed by atoms with E-state index in [1.54, 1.807) is 0 Å². The van der Waals surface area contributed by atoms with E-state index in [0.717, 1.165) is 10.9 Å². The van der Waals surface area contributed by atoms with E-state index in [1.807, 2.05) is 0 Å². The van der Waals surface area contributed by atoms with Crippen LogP contribution < -0.4 is 5.73 Å². The molecule has 0 fully saturated rings. The Morgan fingerprint density at radius 3 is 2.30 bits per heavy atom. The van der Waals surface area contributed by atoms with Crippen molar-refractivity contribution < 1.29 is 0 Å². The van der Waals surface area contributed by atoms with Gasteiger partial charge in [-0.2, -0.15) is 0 Å². The molecule has 0 bridgehead atoms. The number of nitrogens with two attached hydrogens (primary N) is 1. The fraction of sp³-hybridized carbons (Fsp3) is 0.333. The van der Waals surface area contributed by atoms with Crippen molar-refractivity contribution in [1.82, 2.24) is 0 Å². The van der Waals surface area contributed by atoms with E-state index in [0.29, 0.717) is 6.54 Å². The van der Waals surface area contributed by atoms with Gasteiger partial charge in [0.15, 0.2) is 0 Å². The maximum Gasteiger partial charge on any atom is 0.0178 e. The van der Waals surface area contributed by atoms with Crippen LogP contribution in [0.5, 0.6) is 0 Å². The van der Waals surface area contributed by atoms with Crippen molar-refractivity contribution in [3.05, 3.63) is 69.2 Å². The van der Waals surface area contributed by atoms with Gasteiger partial charge >= 0.3 is 0 Å². The first-order valence-corrected chi connectivity index (χ1v) is 7.76. The molecule has 2 N–H and O–H groups in total. The van der Waals surface area contributed by atoms with Crippen LogP contribution in [0.1, 0.15) is 36.1 Å². The highest BCUT2D eigenvalue weighted by molar-refractivity contribution is 9.10. The van der Waals surface area contributed by atoms with Crippen LogP contribution in [-0.2, 0) is 11.8 Å². The summed E-state index contributed by atoms with van der Waals surface area (Å²) in [5.41, 5.74) is 11.2. The fourth-order valence-electron chi connectivity index (χ4n) is 2.24. The summed E-state index contributed by atoms with van der Waals surface area (Å²) in [4.78, 5) is 0. The van der Waals surface area contributed by atoms with Crippen LogP contribution in [-0.4, -0.2) is 6.54 Å². The van der Waals surface area contributed by atoms with Crippen molar-refractivity contribution in [3.63, 3.8) is 0 Å². The first kappa shape index (κ1) is 15.3. The third-order valence-corrected chi connectivity index (χ3v) is 4.44. The van der Waals surface area contributed by atoms with E-state index in [9.17, 15) is 0 Å². The van der Waals surface area contributed by atoms with Crippen LogP contribution in [0, 0.1) is 6.92 Å². The average Bonchev–Trinajstić information content (AvgIpc) is 2.43. The smallest absolute Gasteiger partial charge is 0.0178 e. The summed E-state index contributed by atoms with van der Waals surface area (Å²) in [7, 11) is 0. The number of aryl methyl sites for hydroxylation is 1. The van der Waals surface area contributed by atoms with Gasteiger partial charge in [0.2, 0.25) is 0 Å². The van der Waals surface area contributed by atoms with E-state index < -0.39 is 0 Å². The summed E-state index contributed by atoms with van der Waals surface area (Å²) >= 11 is 3.54. The molecule has 2 heteroatoms. The molecule has 0 aliphatic carbocycles. The summed E-state index contributed by atoms with van der Waals surface area (Å²) in [6.07, 6.45) is 0.967. The van der Waals surface area contributed by atoms with Gasteiger partial charge in [0, 0.05) is 16.4 Å². The minimum atomic E-state index is 0.0459. The van der Waals surface area contributed by atoms with E-state index in [2.05, 4.69) is 79.2 Å². The number of halogens is 1. The molecule has 0 aliphatic rings. The second-order valence-corrected chi connectivity index (χ2v) is 6.95. The Morgan fingerprint density at radius 1 is 1.05 bits per heavy atom. The van der Waals surface area contributed by atoms with Gasteiger partial charge in [-0.05, 0) is 47.7 Å². The summed E-state index contributed by atoms with van der Waals surface area (Å²) in [6.45, 7) is 7.19. The predicted molar refractivity (Wildman–Crippen MR) is 90.2 cm³/mol. The first-order valence-electron chi connectivity index (χ1n) is 6.97. The molecule has 0 unspecified atom stereocenters. The molecule has 0 heterocycles. The van der Waals surface area contributed by atoms with Crippen molar-refractivity contribution in [2.75, 3.05) is 6.54 Å². The Labute approximate surface area is 130 Å². The van der Waals surface area contributed by atoms with Crippen LogP contribution in [0.25, 0.3) is 0 Å². The summed E-state index contributed by atoms with van der Waals surface area (Å²) < 4.78 is 1.14. The third kappa shape index (κ3) is 3.50. The molecule has 0 aromatic heterocycles. The largest absolute Gasteiger partial charge is 0.330 e. The molecule has 1 nitrogen and oxygen atoms in total. The van der Waals surface area contributed by atoms with Gasteiger partial charge in [-0.15, -0.1) is 0 Å². The molecule has 0 saturated heterocycles. The van der Waals surface area contributed by atoms with E-state index in [-0.39, 0.29) is 5.41 Å². The van der Waals surface area contributed by atoms with Gasteiger partial charge in [0.1, 0.15) is 0 Å². The van der Waals surface area contributed by atoms with Gasteiger partial charge < -0.3 is 5.73 Å². The van der Waals surface area contributed by atoms with Crippen molar-refractivity contribution in [2.24, 2.45) is 5.73 Å². The van der Waals surface area contributed by atoms with Crippen LogP contribution in [0.4, 0.5) is 0 Å². The minimum absolute atomic E-state index is 0.0459. The number of hydrogen-bond donors (Lipinski definition) is 1. The number of benzene rings is 2. The zero-order chi connectivity index (χ0) is 14.8. The molecule has 2 rings (SSSR count). The van der Waals surface area contributed by atoms with Crippen LogP contribution in [0.2, 0.25) is 0 Å². The minimum Gasteiger partial charge on any atom is -0.330 e. The molecule has 2 aromatic rings. The second kappa shape index (κ2) is 6.11. The average molecular weight is 332 g/mol. The predicted octanol–water partition coefficient (Wildman–Crippen LogP) is 4.58. The topological polar surface area (TPSA) is 26.0 Å². The molecule has 2 aromatic carbocycles. The first-order chi connectivity index (χ1) is 9.42. The molecule has 0 amide bonds. The molecule has 0 radical (unpaired) electrons. The highest BCUT2D eigenvalue weighted by atomic mass is 79.9. The second-order valence-electron chi connectivity index (χ2n) is 6.03. The molecule has 0 atom stereocenters. The quantitative estimate of drug-likeness (QED) is 0.871. The summed E-state index contributed by atoms with van der Waals surface area (Å²) in [5, 5.41) is 0. The normalized spacial score (nSPS) is 11.7. The lowest BCUT2D eigenvalue weighted by Crippen LogP contribution is -2.27. The maximum absolute atomic E-state index is 5.83. The standard InChI is InChI=1S/C18H22BrN/c1-13-4-9-17(19)11-15(13)10-14-5-7-16(8-6-14)18(2,3)12-20/h4-9,11H,10,12,20H2,1-3H3. The maximum atomic E-state index is 5.83. The van der Waals surface area contributed by atoms with E-state index in [4.69, 9.17) is 5.73 Å². The molecule has 0 aliphatic heterocycles. The van der Waals surface area contributed by atoms with Gasteiger partial charge in [0.25, 0.3) is 0 Å². The Hall–Kier alpha value is -1.12. The fourth-order valence-corrected chi connectivity index (χ4v) is 2.65. The lowest BCUT2D eigenvalue weighted by Gasteiger charge is -2.23. The zero-order valence-corrected chi connectivity index (χ0v) is 14.0. The Morgan fingerprint density at radius 2 is 1.70 bits per heavy atom. The van der Waals surface area contributed by atoms with Gasteiger partial charge in [-0.3, -0.25) is 0 Å². The molecule has 0 saturated carbocycles. The van der Waals surface area contributed by atoms with E-state index in [1.165, 1.54) is 22.3 Å². The Balaban J connectivity index is 2.21. The van der Waals surface area contributed by atoms with E-state index >= 15 is 0 Å². The lowest BCUT2D eigenvalue weighted by molar-refractivity contribution is 0.539. The summed E-state index contributed by atoms with van der Waals surface area (Å²) in [6, 6.07) is 15.3. The van der Waals surface area contributed by atoms with Crippen LogP contribution in [0.15, 0.2) is 46.9 Å². The highest BCUT2D eigenvalue weighted by Gasteiger charge is 2.17. The number of rotatable bonds is 4. The van der Waals surface area contributed by atoms with Gasteiger partial charge in [-0.1, -0.05) is 60.1 Å². The van der Waals surface area contributed by atoms with Crippen molar-refractivity contribution in [3.8, 4) is 0 Å².